The average molecular weight is 301 g/mol. The molecule has 0 unspecified atom stereocenters. The number of amides is 1. The fourth-order valence-corrected chi connectivity index (χ4v) is 1.04. The third-order valence-electron chi connectivity index (χ3n) is 1.78. The number of esters is 1. The number of carbonyl (C=O) groups is 2. The number of ether oxygens (including phenoxy) is 2. The second-order valence-corrected chi connectivity index (χ2v) is 5.48. The lowest BCUT2D eigenvalue weighted by molar-refractivity contribution is -0.142. The Labute approximate surface area is 123 Å². The molecule has 8 heteroatoms. The van der Waals surface area contributed by atoms with Crippen LogP contribution in [0.1, 0.15) is 34.6 Å². The van der Waals surface area contributed by atoms with Gasteiger partial charge in [0, 0.05) is 6.08 Å². The van der Waals surface area contributed by atoms with Crippen LogP contribution >= 0.6 is 0 Å². The number of alkyl carbamates (subject to hydrolysis) is 1. The molecule has 0 aromatic rings. The van der Waals surface area contributed by atoms with Gasteiger partial charge in [-0.15, -0.1) is 0 Å². The van der Waals surface area contributed by atoms with Crippen LogP contribution in [-0.2, 0) is 14.3 Å². The molecule has 0 atom stereocenters. The molecule has 0 spiro atoms. The molecule has 0 aromatic carbocycles. The Kier molecular flexibility index (Phi) is 6.57. The lowest BCUT2D eigenvalue weighted by atomic mass is 10.2. The fraction of sp³-hybridized carbons (Fsp3) is 0.538. The van der Waals surface area contributed by atoms with E-state index in [1.165, 1.54) is 0 Å². The maximum atomic E-state index is 11.4. The van der Waals surface area contributed by atoms with E-state index in [9.17, 15) is 14.7 Å². The second kappa shape index (κ2) is 7.41. The maximum Gasteiger partial charge on any atom is 0.413 e. The van der Waals surface area contributed by atoms with Crippen LogP contribution in [0.15, 0.2) is 23.4 Å². The Morgan fingerprint density at radius 1 is 1.24 bits per heavy atom. The third kappa shape index (κ3) is 8.40. The van der Waals surface area contributed by atoms with Crippen LogP contribution in [0.4, 0.5) is 4.79 Å². The zero-order valence-corrected chi connectivity index (χ0v) is 12.9. The minimum absolute atomic E-state index is 0.352. The molecule has 0 fully saturated rings. The first-order chi connectivity index (χ1) is 9.42. The largest absolute Gasteiger partial charge is 0.504 e. The Bertz CT molecular complexity index is 461. The van der Waals surface area contributed by atoms with Crippen LogP contribution in [0.3, 0.4) is 0 Å². The van der Waals surface area contributed by atoms with E-state index in [1.807, 2.05) is 0 Å². The molecule has 120 valence electrons. The highest BCUT2D eigenvalue weighted by Gasteiger charge is 2.17. The Hall–Kier alpha value is -2.38. The molecule has 0 aliphatic rings. The molecular weight excluding hydrogens is 278 g/mol. The molecule has 0 saturated carbocycles. The summed E-state index contributed by atoms with van der Waals surface area (Å²) in [7, 11) is 0. The molecule has 1 amide bonds. The van der Waals surface area contributed by atoms with Crippen LogP contribution in [0.5, 0.6) is 0 Å². The number of rotatable bonds is 4. The first-order valence-corrected chi connectivity index (χ1v) is 6.29. The number of hydrogen-bond acceptors (Lipinski definition) is 7. The molecule has 0 bridgehead atoms. The Morgan fingerprint density at radius 3 is 2.19 bits per heavy atom. The van der Waals surface area contributed by atoms with E-state index in [0.29, 0.717) is 0 Å². The van der Waals surface area contributed by atoms with Gasteiger partial charge in [-0.25, -0.2) is 9.59 Å². The van der Waals surface area contributed by atoms with Crippen molar-refractivity contribution in [2.45, 2.75) is 46.3 Å². The highest BCUT2D eigenvalue weighted by atomic mass is 16.6. The van der Waals surface area contributed by atoms with Gasteiger partial charge in [-0.1, -0.05) is 0 Å². The number of nitrogens with one attached hydrogen (secondary N) is 1. The van der Waals surface area contributed by atoms with Crippen molar-refractivity contribution in [1.82, 2.24) is 5.32 Å². The lowest BCUT2D eigenvalue weighted by Gasteiger charge is -2.19. The van der Waals surface area contributed by atoms with Gasteiger partial charge in [0.15, 0.2) is 5.76 Å². The zero-order valence-electron chi connectivity index (χ0n) is 12.9. The quantitative estimate of drug-likeness (QED) is 0.263. The monoisotopic (exact) mass is 301 g/mol. The van der Waals surface area contributed by atoms with Gasteiger partial charge >= 0.3 is 12.1 Å². The maximum absolute atomic E-state index is 11.4. The summed E-state index contributed by atoms with van der Waals surface area (Å²) in [6.45, 7) is 8.32. The van der Waals surface area contributed by atoms with Crippen LogP contribution in [0, 0.1) is 0 Å². The highest BCUT2D eigenvalue weighted by molar-refractivity contribution is 5.88. The van der Waals surface area contributed by atoms with Gasteiger partial charge in [0.1, 0.15) is 17.1 Å². The summed E-state index contributed by atoms with van der Waals surface area (Å²) in [5, 5.41) is 11.8. The number of nitrogens with two attached hydrogens (primary N) is 2. The standard InChI is InChI=1S/C13H23N3O5/c1-7(2)20-11(18)8(14)6-9(17)10(15)16-12(19)21-13(3,4)5/h6-7,17H,14-15H2,1-5H3,(H,16,19)/b8-6-,10-9-. The van der Waals surface area contributed by atoms with Gasteiger partial charge in [-0.05, 0) is 34.6 Å². The van der Waals surface area contributed by atoms with Crippen molar-refractivity contribution in [1.29, 1.82) is 0 Å². The molecule has 0 aromatic heterocycles. The third-order valence-corrected chi connectivity index (χ3v) is 1.78. The van der Waals surface area contributed by atoms with Gasteiger partial charge in [-0.3, -0.25) is 5.32 Å². The normalized spacial score (nSPS) is 13.5. The molecular formula is C13H23N3O5. The smallest absolute Gasteiger partial charge is 0.413 e. The van der Waals surface area contributed by atoms with Crippen molar-refractivity contribution in [3.05, 3.63) is 23.4 Å². The molecule has 0 heterocycles. The summed E-state index contributed by atoms with van der Waals surface area (Å²) in [6.07, 6.45) is -0.312. The first kappa shape index (κ1) is 18.6. The minimum Gasteiger partial charge on any atom is -0.504 e. The molecule has 0 aliphatic carbocycles. The van der Waals surface area contributed by atoms with Gasteiger partial charge in [0.05, 0.1) is 6.10 Å². The van der Waals surface area contributed by atoms with E-state index in [1.54, 1.807) is 34.6 Å². The topological polar surface area (TPSA) is 137 Å². The van der Waals surface area contributed by atoms with Crippen molar-refractivity contribution >= 4 is 12.1 Å². The van der Waals surface area contributed by atoms with E-state index in [0.717, 1.165) is 6.08 Å². The Balaban J connectivity index is 4.83. The van der Waals surface area contributed by atoms with Crippen LogP contribution < -0.4 is 16.8 Å². The fourth-order valence-electron chi connectivity index (χ4n) is 1.04. The molecule has 0 radical (unpaired) electrons. The zero-order chi connectivity index (χ0) is 16.8. The average Bonchev–Trinajstić information content (AvgIpc) is 2.24. The molecule has 6 N–H and O–H groups in total. The van der Waals surface area contributed by atoms with Gasteiger partial charge in [0.2, 0.25) is 0 Å². The SMILES string of the molecule is CC(C)OC(=O)/C(N)=C/C(O)=C(\N)NC(=O)OC(C)(C)C. The van der Waals surface area contributed by atoms with E-state index in [-0.39, 0.29) is 11.8 Å². The molecule has 0 aliphatic heterocycles. The highest BCUT2D eigenvalue weighted by Crippen LogP contribution is 2.07. The van der Waals surface area contributed by atoms with Gasteiger partial charge in [-0.2, -0.15) is 0 Å². The molecule has 21 heavy (non-hydrogen) atoms. The summed E-state index contributed by atoms with van der Waals surface area (Å²) in [5.41, 5.74) is 9.82. The summed E-state index contributed by atoms with van der Waals surface area (Å²) in [4.78, 5) is 22.9. The van der Waals surface area contributed by atoms with Crippen molar-refractivity contribution < 1.29 is 24.2 Å². The lowest BCUT2D eigenvalue weighted by Crippen LogP contribution is -2.35. The van der Waals surface area contributed by atoms with Crippen molar-refractivity contribution in [3.8, 4) is 0 Å². The molecule has 0 rings (SSSR count). The summed E-state index contributed by atoms with van der Waals surface area (Å²) >= 11 is 0. The number of aliphatic hydroxyl groups excluding tert-OH is 1. The first-order valence-electron chi connectivity index (χ1n) is 6.29. The second-order valence-electron chi connectivity index (χ2n) is 5.48. The number of allylic oxidation sites excluding steroid dienone is 1. The van der Waals surface area contributed by atoms with E-state index in [2.05, 4.69) is 5.32 Å². The van der Waals surface area contributed by atoms with E-state index >= 15 is 0 Å². The molecule has 0 saturated heterocycles. The van der Waals surface area contributed by atoms with E-state index < -0.39 is 29.2 Å². The van der Waals surface area contributed by atoms with Crippen LogP contribution in [0.2, 0.25) is 0 Å². The predicted octanol–water partition coefficient (Wildman–Crippen LogP) is 0.991. The summed E-state index contributed by atoms with van der Waals surface area (Å²) in [5.74, 6) is -1.79. The van der Waals surface area contributed by atoms with Crippen molar-refractivity contribution in [3.63, 3.8) is 0 Å². The number of carbonyl (C=O) groups excluding carboxylic acids is 2. The molecule has 8 nitrogen and oxygen atoms in total. The van der Waals surface area contributed by atoms with Crippen LogP contribution in [-0.4, -0.2) is 28.9 Å². The van der Waals surface area contributed by atoms with Crippen molar-refractivity contribution in [2.24, 2.45) is 11.5 Å². The van der Waals surface area contributed by atoms with Gasteiger partial charge in [0.25, 0.3) is 0 Å². The van der Waals surface area contributed by atoms with E-state index in [4.69, 9.17) is 20.9 Å². The van der Waals surface area contributed by atoms with Gasteiger partial charge < -0.3 is 26.0 Å². The minimum atomic E-state index is -0.844. The predicted molar refractivity (Wildman–Crippen MR) is 76.7 cm³/mol. The van der Waals surface area contributed by atoms with Crippen molar-refractivity contribution in [2.75, 3.05) is 0 Å². The van der Waals surface area contributed by atoms with Crippen LogP contribution in [0.25, 0.3) is 0 Å². The number of aliphatic hydroxyl groups is 1. The summed E-state index contributed by atoms with van der Waals surface area (Å²) in [6, 6.07) is 0. The number of hydrogen-bond donors (Lipinski definition) is 4. The summed E-state index contributed by atoms with van der Waals surface area (Å²) < 4.78 is 9.77. The Morgan fingerprint density at radius 2 is 1.76 bits per heavy atom.